The zero-order valence-electron chi connectivity index (χ0n) is 11.0. The van der Waals surface area contributed by atoms with Gasteiger partial charge in [0.2, 0.25) is 5.89 Å². The number of anilines is 1. The number of amides is 1. The number of aromatic nitrogens is 1. The molecule has 0 radical (unpaired) electrons. The van der Waals surface area contributed by atoms with Crippen LogP contribution in [-0.4, -0.2) is 10.9 Å². The highest BCUT2D eigenvalue weighted by molar-refractivity contribution is 5.99. The molecule has 0 fully saturated rings. The molecule has 0 saturated heterocycles. The van der Waals surface area contributed by atoms with Crippen molar-refractivity contribution in [3.8, 4) is 0 Å². The van der Waals surface area contributed by atoms with E-state index >= 15 is 0 Å². The van der Waals surface area contributed by atoms with Crippen LogP contribution < -0.4 is 11.1 Å². The van der Waals surface area contributed by atoms with Crippen LogP contribution in [0.4, 0.5) is 18.9 Å². The SMILES string of the molecule is Cc1cnc(CNC(=O)c2cc(C(F)(F)F)ccc2N)o1. The normalized spacial score (nSPS) is 11.4. The van der Waals surface area contributed by atoms with Gasteiger partial charge in [-0.2, -0.15) is 13.2 Å². The molecule has 0 aliphatic carbocycles. The smallest absolute Gasteiger partial charge is 0.416 e. The number of aryl methyl sites for hydroxylation is 1. The molecule has 21 heavy (non-hydrogen) atoms. The Balaban J connectivity index is 2.15. The van der Waals surface area contributed by atoms with Crippen LogP contribution in [0.25, 0.3) is 0 Å². The average molecular weight is 299 g/mol. The summed E-state index contributed by atoms with van der Waals surface area (Å²) in [6.07, 6.45) is -3.07. The van der Waals surface area contributed by atoms with Crippen molar-refractivity contribution in [3.63, 3.8) is 0 Å². The third-order valence-corrected chi connectivity index (χ3v) is 2.69. The van der Waals surface area contributed by atoms with Gasteiger partial charge in [0.1, 0.15) is 5.76 Å². The number of carbonyl (C=O) groups is 1. The highest BCUT2D eigenvalue weighted by atomic mass is 19.4. The number of benzene rings is 1. The summed E-state index contributed by atoms with van der Waals surface area (Å²) in [7, 11) is 0. The zero-order chi connectivity index (χ0) is 15.6. The van der Waals surface area contributed by atoms with Crippen molar-refractivity contribution in [2.45, 2.75) is 19.6 Å². The third kappa shape index (κ3) is 3.53. The zero-order valence-corrected chi connectivity index (χ0v) is 11.0. The fourth-order valence-corrected chi connectivity index (χ4v) is 1.66. The van der Waals surface area contributed by atoms with E-state index in [-0.39, 0.29) is 23.7 Å². The Hall–Kier alpha value is -2.51. The monoisotopic (exact) mass is 299 g/mol. The Morgan fingerprint density at radius 2 is 2.14 bits per heavy atom. The number of hydrogen-bond donors (Lipinski definition) is 2. The number of nitrogen functional groups attached to an aromatic ring is 1. The molecule has 5 nitrogen and oxygen atoms in total. The van der Waals surface area contributed by atoms with E-state index in [4.69, 9.17) is 10.2 Å². The van der Waals surface area contributed by atoms with E-state index in [9.17, 15) is 18.0 Å². The second-order valence-corrected chi connectivity index (χ2v) is 4.35. The summed E-state index contributed by atoms with van der Waals surface area (Å²) in [6, 6.07) is 2.59. The van der Waals surface area contributed by atoms with Crippen molar-refractivity contribution in [2.75, 3.05) is 5.73 Å². The van der Waals surface area contributed by atoms with Gasteiger partial charge in [-0.25, -0.2) is 4.98 Å². The third-order valence-electron chi connectivity index (χ3n) is 2.69. The Morgan fingerprint density at radius 1 is 1.43 bits per heavy atom. The van der Waals surface area contributed by atoms with Crippen LogP contribution in [0, 0.1) is 6.92 Å². The molecule has 1 aromatic heterocycles. The van der Waals surface area contributed by atoms with E-state index in [0.717, 1.165) is 12.1 Å². The number of nitrogens with zero attached hydrogens (tertiary/aromatic N) is 1. The molecule has 0 bridgehead atoms. The quantitative estimate of drug-likeness (QED) is 0.853. The van der Waals surface area contributed by atoms with Gasteiger partial charge in [-0.3, -0.25) is 4.79 Å². The summed E-state index contributed by atoms with van der Waals surface area (Å²) in [5.41, 5.74) is 4.32. The number of carbonyl (C=O) groups excluding carboxylic acids is 1. The predicted molar refractivity (Wildman–Crippen MR) is 68.3 cm³/mol. The maximum absolute atomic E-state index is 12.6. The summed E-state index contributed by atoms with van der Waals surface area (Å²) in [5, 5.41) is 2.41. The molecule has 0 saturated carbocycles. The highest BCUT2D eigenvalue weighted by Crippen LogP contribution is 2.31. The number of nitrogens with one attached hydrogen (secondary N) is 1. The lowest BCUT2D eigenvalue weighted by atomic mass is 10.1. The highest BCUT2D eigenvalue weighted by Gasteiger charge is 2.31. The van der Waals surface area contributed by atoms with Gasteiger partial charge in [0.25, 0.3) is 5.91 Å². The molecular weight excluding hydrogens is 287 g/mol. The van der Waals surface area contributed by atoms with Crippen molar-refractivity contribution < 1.29 is 22.4 Å². The summed E-state index contributed by atoms with van der Waals surface area (Å²) in [5.74, 6) is 0.0960. The van der Waals surface area contributed by atoms with E-state index in [2.05, 4.69) is 10.3 Å². The van der Waals surface area contributed by atoms with Crippen molar-refractivity contribution in [3.05, 3.63) is 47.2 Å². The second kappa shape index (κ2) is 5.47. The van der Waals surface area contributed by atoms with Crippen LogP contribution in [0.2, 0.25) is 0 Å². The van der Waals surface area contributed by atoms with E-state index in [1.54, 1.807) is 6.92 Å². The molecule has 2 aromatic rings. The Kier molecular flexibility index (Phi) is 3.88. The standard InChI is InChI=1S/C13H12F3N3O2/c1-7-5-18-11(21-7)6-19-12(20)9-4-8(13(14,15)16)2-3-10(9)17/h2-5H,6,17H2,1H3,(H,19,20). The largest absolute Gasteiger partial charge is 0.444 e. The van der Waals surface area contributed by atoms with Crippen LogP contribution in [0.15, 0.2) is 28.8 Å². The lowest BCUT2D eigenvalue weighted by Crippen LogP contribution is -2.24. The number of alkyl halides is 3. The fraction of sp³-hybridized carbons (Fsp3) is 0.231. The van der Waals surface area contributed by atoms with Gasteiger partial charge in [-0.05, 0) is 25.1 Å². The molecule has 0 unspecified atom stereocenters. The van der Waals surface area contributed by atoms with Crippen LogP contribution in [0.1, 0.15) is 27.6 Å². The van der Waals surface area contributed by atoms with Gasteiger partial charge in [-0.1, -0.05) is 0 Å². The van der Waals surface area contributed by atoms with Crippen molar-refractivity contribution in [1.82, 2.24) is 10.3 Å². The summed E-state index contributed by atoms with van der Waals surface area (Å²) in [4.78, 5) is 15.8. The minimum Gasteiger partial charge on any atom is -0.444 e. The van der Waals surface area contributed by atoms with E-state index in [1.807, 2.05) is 0 Å². The minimum absolute atomic E-state index is 0.0379. The Labute approximate surface area is 118 Å². The first kappa shape index (κ1) is 14.9. The van der Waals surface area contributed by atoms with E-state index in [0.29, 0.717) is 11.8 Å². The summed E-state index contributed by atoms with van der Waals surface area (Å²) in [6.45, 7) is 1.64. The van der Waals surface area contributed by atoms with Gasteiger partial charge >= 0.3 is 6.18 Å². The number of nitrogens with two attached hydrogens (primary N) is 1. The molecule has 1 aromatic carbocycles. The molecule has 2 rings (SSSR count). The molecule has 112 valence electrons. The van der Waals surface area contributed by atoms with Crippen molar-refractivity contribution >= 4 is 11.6 Å². The fourth-order valence-electron chi connectivity index (χ4n) is 1.66. The Morgan fingerprint density at radius 3 is 2.71 bits per heavy atom. The number of rotatable bonds is 3. The van der Waals surface area contributed by atoms with Gasteiger partial charge < -0.3 is 15.5 Å². The predicted octanol–water partition coefficient (Wildman–Crippen LogP) is 2.51. The van der Waals surface area contributed by atoms with Gasteiger partial charge in [-0.15, -0.1) is 0 Å². The number of oxazole rings is 1. The molecule has 0 aliphatic rings. The minimum atomic E-state index is -4.54. The summed E-state index contributed by atoms with van der Waals surface area (Å²) >= 11 is 0. The average Bonchev–Trinajstić information content (AvgIpc) is 2.81. The first-order chi connectivity index (χ1) is 9.77. The maximum Gasteiger partial charge on any atom is 0.416 e. The Bertz CT molecular complexity index is 665. The van der Waals surface area contributed by atoms with Gasteiger partial charge in [0.05, 0.1) is 23.9 Å². The molecule has 3 N–H and O–H groups in total. The van der Waals surface area contributed by atoms with Crippen molar-refractivity contribution in [1.29, 1.82) is 0 Å². The van der Waals surface area contributed by atoms with Crippen LogP contribution >= 0.6 is 0 Å². The lowest BCUT2D eigenvalue weighted by Gasteiger charge is -2.11. The number of hydrogen-bond acceptors (Lipinski definition) is 4. The molecule has 8 heteroatoms. The van der Waals surface area contributed by atoms with Crippen LogP contribution in [-0.2, 0) is 12.7 Å². The number of halogens is 3. The van der Waals surface area contributed by atoms with Gasteiger partial charge in [0.15, 0.2) is 0 Å². The molecule has 1 amide bonds. The lowest BCUT2D eigenvalue weighted by molar-refractivity contribution is -0.137. The van der Waals surface area contributed by atoms with E-state index in [1.165, 1.54) is 6.20 Å². The summed E-state index contributed by atoms with van der Waals surface area (Å²) < 4.78 is 43.0. The molecule has 1 heterocycles. The molecule has 0 atom stereocenters. The van der Waals surface area contributed by atoms with Crippen molar-refractivity contribution in [2.24, 2.45) is 0 Å². The van der Waals surface area contributed by atoms with Gasteiger partial charge in [0, 0.05) is 5.69 Å². The van der Waals surface area contributed by atoms with Crippen LogP contribution in [0.5, 0.6) is 0 Å². The topological polar surface area (TPSA) is 81.2 Å². The first-order valence-corrected chi connectivity index (χ1v) is 5.93. The maximum atomic E-state index is 12.6. The molecule has 0 aliphatic heterocycles. The van der Waals surface area contributed by atoms with E-state index < -0.39 is 17.6 Å². The molecule has 0 spiro atoms. The first-order valence-electron chi connectivity index (χ1n) is 5.93. The second-order valence-electron chi connectivity index (χ2n) is 4.35. The molecular formula is C13H12F3N3O2. The van der Waals surface area contributed by atoms with Crippen LogP contribution in [0.3, 0.4) is 0 Å².